The van der Waals surface area contributed by atoms with E-state index in [2.05, 4.69) is 10.4 Å². The Bertz CT molecular complexity index is 738. The van der Waals surface area contributed by atoms with Crippen LogP contribution in [-0.2, 0) is 13.1 Å². The summed E-state index contributed by atoms with van der Waals surface area (Å²) in [5, 5.41) is 24.7. The fourth-order valence-corrected chi connectivity index (χ4v) is 2.32. The Kier molecular flexibility index (Phi) is 6.80. The van der Waals surface area contributed by atoms with Crippen LogP contribution in [-0.4, -0.2) is 46.1 Å². The molecule has 2 N–H and O–H groups in total. The van der Waals surface area contributed by atoms with Gasteiger partial charge < -0.3 is 14.7 Å². The first-order valence-electron chi connectivity index (χ1n) is 7.87. The first kappa shape index (κ1) is 18.3. The van der Waals surface area contributed by atoms with E-state index in [9.17, 15) is 9.90 Å². The summed E-state index contributed by atoms with van der Waals surface area (Å²) in [6, 6.07) is 10.7. The van der Waals surface area contributed by atoms with Crippen molar-refractivity contribution >= 4 is 11.8 Å². The van der Waals surface area contributed by atoms with Gasteiger partial charge in [-0.25, -0.2) is 4.79 Å². The average molecular weight is 343 g/mol. The number of anilines is 1. The standard InChI is InChI=1S/C17H21N5O3/c1-25-15-6-3-2-5-14(15)13-21(11-12-23)17(24)19-16-7-10-22(20-16)9-4-8-18/h2-3,5-7,10,23H,4,9,11-13H2,1H3,(H,19,20,24). The molecule has 2 amide bonds. The number of aliphatic hydroxyl groups is 1. The van der Waals surface area contributed by atoms with Gasteiger partial charge in [0.05, 0.1) is 39.3 Å². The normalized spacial score (nSPS) is 10.1. The van der Waals surface area contributed by atoms with Crippen molar-refractivity contribution in [3.63, 3.8) is 0 Å². The van der Waals surface area contributed by atoms with Crippen LogP contribution < -0.4 is 10.1 Å². The molecule has 0 saturated carbocycles. The summed E-state index contributed by atoms with van der Waals surface area (Å²) in [4.78, 5) is 14.0. The van der Waals surface area contributed by atoms with Crippen molar-refractivity contribution in [3.05, 3.63) is 42.1 Å². The predicted molar refractivity (Wildman–Crippen MR) is 92.0 cm³/mol. The van der Waals surface area contributed by atoms with Crippen molar-refractivity contribution in [2.24, 2.45) is 0 Å². The van der Waals surface area contributed by atoms with E-state index in [1.165, 1.54) is 4.90 Å². The number of nitriles is 1. The zero-order valence-electron chi connectivity index (χ0n) is 14.1. The number of nitrogens with zero attached hydrogens (tertiary/aromatic N) is 4. The summed E-state index contributed by atoms with van der Waals surface area (Å²) in [7, 11) is 1.57. The molecule has 0 fully saturated rings. The molecule has 0 radical (unpaired) electrons. The number of carbonyl (C=O) groups is 1. The summed E-state index contributed by atoms with van der Waals surface area (Å²) < 4.78 is 6.89. The highest BCUT2D eigenvalue weighted by atomic mass is 16.5. The van der Waals surface area contributed by atoms with Gasteiger partial charge in [0.2, 0.25) is 0 Å². The van der Waals surface area contributed by atoms with Crippen LogP contribution in [0.2, 0.25) is 0 Å². The van der Waals surface area contributed by atoms with E-state index in [1.54, 1.807) is 24.1 Å². The number of ether oxygens (including phenoxy) is 1. The number of benzene rings is 1. The van der Waals surface area contributed by atoms with Gasteiger partial charge in [0.25, 0.3) is 0 Å². The topological polar surface area (TPSA) is 103 Å². The molecule has 0 aliphatic carbocycles. The lowest BCUT2D eigenvalue weighted by molar-refractivity contribution is 0.184. The van der Waals surface area contributed by atoms with Crippen LogP contribution in [0.4, 0.5) is 10.6 Å². The van der Waals surface area contributed by atoms with Crippen molar-refractivity contribution in [3.8, 4) is 11.8 Å². The molecular weight excluding hydrogens is 322 g/mol. The highest BCUT2D eigenvalue weighted by Gasteiger charge is 2.16. The van der Waals surface area contributed by atoms with Crippen LogP contribution >= 0.6 is 0 Å². The fraction of sp³-hybridized carbons (Fsp3) is 0.353. The smallest absolute Gasteiger partial charge is 0.323 e. The quantitative estimate of drug-likeness (QED) is 0.761. The first-order valence-corrected chi connectivity index (χ1v) is 7.87. The molecule has 2 aromatic rings. The summed E-state index contributed by atoms with van der Waals surface area (Å²) in [5.41, 5.74) is 0.841. The molecule has 2 rings (SSSR count). The lowest BCUT2D eigenvalue weighted by Crippen LogP contribution is -2.36. The summed E-state index contributed by atoms with van der Waals surface area (Å²) in [6.45, 7) is 0.789. The van der Waals surface area contributed by atoms with Crippen LogP contribution in [0.1, 0.15) is 12.0 Å². The van der Waals surface area contributed by atoms with E-state index in [0.717, 1.165) is 5.56 Å². The highest BCUT2D eigenvalue weighted by Crippen LogP contribution is 2.19. The minimum atomic E-state index is -0.370. The highest BCUT2D eigenvalue weighted by molar-refractivity contribution is 5.88. The molecule has 0 spiro atoms. The maximum Gasteiger partial charge on any atom is 0.323 e. The molecule has 132 valence electrons. The van der Waals surface area contributed by atoms with E-state index in [4.69, 9.17) is 10.00 Å². The number of urea groups is 1. The lowest BCUT2D eigenvalue weighted by Gasteiger charge is -2.22. The number of hydrogen-bond acceptors (Lipinski definition) is 5. The molecule has 25 heavy (non-hydrogen) atoms. The number of methoxy groups -OCH3 is 1. The number of hydrogen-bond donors (Lipinski definition) is 2. The SMILES string of the molecule is COc1ccccc1CN(CCO)C(=O)Nc1ccn(CCC#N)n1. The van der Waals surface area contributed by atoms with Crippen LogP contribution in [0.25, 0.3) is 0 Å². The number of nitrogens with one attached hydrogen (secondary N) is 1. The van der Waals surface area contributed by atoms with Crippen LogP contribution in [0, 0.1) is 11.3 Å². The molecule has 8 heteroatoms. The zero-order valence-corrected chi connectivity index (χ0v) is 14.1. The molecule has 1 aromatic heterocycles. The Hall–Kier alpha value is -3.05. The number of para-hydroxylation sites is 1. The number of amides is 2. The Morgan fingerprint density at radius 2 is 2.24 bits per heavy atom. The van der Waals surface area contributed by atoms with Gasteiger partial charge in [0.15, 0.2) is 5.82 Å². The second-order valence-corrected chi connectivity index (χ2v) is 5.26. The minimum absolute atomic E-state index is 0.154. The third kappa shape index (κ3) is 5.22. The van der Waals surface area contributed by atoms with E-state index in [1.807, 2.05) is 30.3 Å². The molecule has 1 aromatic carbocycles. The van der Waals surface area contributed by atoms with Gasteiger partial charge in [0.1, 0.15) is 5.75 Å². The Morgan fingerprint density at radius 1 is 1.44 bits per heavy atom. The summed E-state index contributed by atoms with van der Waals surface area (Å²) >= 11 is 0. The van der Waals surface area contributed by atoms with Gasteiger partial charge in [-0.3, -0.25) is 10.00 Å². The minimum Gasteiger partial charge on any atom is -0.496 e. The number of aromatic nitrogens is 2. The largest absolute Gasteiger partial charge is 0.496 e. The Labute approximate surface area is 146 Å². The van der Waals surface area contributed by atoms with Crippen molar-refractivity contribution in [1.82, 2.24) is 14.7 Å². The fourth-order valence-electron chi connectivity index (χ4n) is 2.32. The van der Waals surface area contributed by atoms with E-state index in [0.29, 0.717) is 31.1 Å². The molecule has 0 atom stereocenters. The zero-order chi connectivity index (χ0) is 18.1. The van der Waals surface area contributed by atoms with Crippen molar-refractivity contribution in [1.29, 1.82) is 5.26 Å². The molecule has 0 aliphatic heterocycles. The van der Waals surface area contributed by atoms with E-state index >= 15 is 0 Å². The van der Waals surface area contributed by atoms with Gasteiger partial charge in [-0.1, -0.05) is 18.2 Å². The van der Waals surface area contributed by atoms with Gasteiger partial charge >= 0.3 is 6.03 Å². The third-order valence-corrected chi connectivity index (χ3v) is 3.54. The summed E-state index contributed by atoms with van der Waals surface area (Å²) in [6.07, 6.45) is 2.04. The molecule has 1 heterocycles. The number of carbonyl (C=O) groups excluding carboxylic acids is 1. The third-order valence-electron chi connectivity index (χ3n) is 3.54. The Balaban J connectivity index is 2.04. The molecule has 0 aliphatic rings. The lowest BCUT2D eigenvalue weighted by atomic mass is 10.2. The van der Waals surface area contributed by atoms with Gasteiger partial charge in [0, 0.05) is 24.4 Å². The van der Waals surface area contributed by atoms with Crippen LogP contribution in [0.5, 0.6) is 5.75 Å². The van der Waals surface area contributed by atoms with Crippen LogP contribution in [0.15, 0.2) is 36.5 Å². The van der Waals surface area contributed by atoms with Gasteiger partial charge in [-0.05, 0) is 6.07 Å². The number of rotatable bonds is 8. The maximum absolute atomic E-state index is 12.5. The molecule has 0 saturated heterocycles. The monoisotopic (exact) mass is 343 g/mol. The molecule has 0 bridgehead atoms. The van der Waals surface area contributed by atoms with Crippen LogP contribution in [0.3, 0.4) is 0 Å². The Morgan fingerprint density at radius 3 is 2.96 bits per heavy atom. The van der Waals surface area contributed by atoms with Gasteiger partial charge in [-0.2, -0.15) is 10.4 Å². The molecular formula is C17H21N5O3. The number of aliphatic hydroxyl groups excluding tert-OH is 1. The van der Waals surface area contributed by atoms with E-state index < -0.39 is 0 Å². The average Bonchev–Trinajstić information content (AvgIpc) is 3.07. The van der Waals surface area contributed by atoms with Crippen molar-refractivity contribution < 1.29 is 14.6 Å². The van der Waals surface area contributed by atoms with Gasteiger partial charge in [-0.15, -0.1) is 0 Å². The van der Waals surface area contributed by atoms with Crippen molar-refractivity contribution in [2.75, 3.05) is 25.6 Å². The molecule has 8 nitrogen and oxygen atoms in total. The second kappa shape index (κ2) is 9.30. The van der Waals surface area contributed by atoms with Crippen molar-refractivity contribution in [2.45, 2.75) is 19.5 Å². The maximum atomic E-state index is 12.5. The van der Waals surface area contributed by atoms with E-state index in [-0.39, 0.29) is 19.2 Å². The molecule has 0 unspecified atom stereocenters. The number of aryl methyl sites for hydroxylation is 1. The second-order valence-electron chi connectivity index (χ2n) is 5.26. The summed E-state index contributed by atoms with van der Waals surface area (Å²) in [5.74, 6) is 1.07. The first-order chi connectivity index (χ1) is 12.2. The predicted octanol–water partition coefficient (Wildman–Crippen LogP) is 1.83.